The molecule has 0 spiro atoms. The summed E-state index contributed by atoms with van der Waals surface area (Å²) in [5.74, 6) is 0.280. The first-order chi connectivity index (χ1) is 10.1. The van der Waals surface area contributed by atoms with E-state index in [1.165, 1.54) is 6.07 Å². The molecule has 0 saturated heterocycles. The molecule has 0 radical (unpaired) electrons. The monoisotopic (exact) mass is 352 g/mol. The van der Waals surface area contributed by atoms with Crippen molar-refractivity contribution in [3.8, 4) is 11.4 Å². The lowest BCUT2D eigenvalue weighted by Crippen LogP contribution is -2.10. The molecule has 1 atom stereocenters. The minimum absolute atomic E-state index is 0.169. The van der Waals surface area contributed by atoms with Gasteiger partial charge in [0, 0.05) is 12.0 Å². The van der Waals surface area contributed by atoms with Crippen LogP contribution in [0.1, 0.15) is 43.9 Å². The van der Waals surface area contributed by atoms with E-state index >= 15 is 0 Å². The van der Waals surface area contributed by atoms with Crippen LogP contribution < -0.4 is 0 Å². The molecule has 0 N–H and O–H groups in total. The van der Waals surface area contributed by atoms with Gasteiger partial charge in [0.2, 0.25) is 11.7 Å². The molecule has 2 aromatic rings. The summed E-state index contributed by atoms with van der Waals surface area (Å²) >= 11 is 3.13. The highest BCUT2D eigenvalue weighted by Crippen LogP contribution is 2.30. The molecule has 21 heavy (non-hydrogen) atoms. The predicted octanol–water partition coefficient (Wildman–Crippen LogP) is 4.26. The molecule has 0 amide bonds. The summed E-state index contributed by atoms with van der Waals surface area (Å²) in [6.45, 7) is 0. The van der Waals surface area contributed by atoms with Gasteiger partial charge in [0.05, 0.1) is 10.4 Å². The van der Waals surface area contributed by atoms with Crippen LogP contribution in [0.5, 0.6) is 0 Å². The second kappa shape index (κ2) is 6.05. The van der Waals surface area contributed by atoms with Crippen LogP contribution in [-0.2, 0) is 4.79 Å². The van der Waals surface area contributed by atoms with E-state index in [2.05, 4.69) is 26.1 Å². The second-order valence-corrected chi connectivity index (χ2v) is 6.06. The molecule has 1 aromatic heterocycles. The highest BCUT2D eigenvalue weighted by Gasteiger charge is 2.28. The number of benzene rings is 1. The van der Waals surface area contributed by atoms with Gasteiger partial charge in [0.1, 0.15) is 11.6 Å². The zero-order chi connectivity index (χ0) is 14.8. The molecule has 1 fully saturated rings. The topological polar surface area (TPSA) is 56.0 Å². The summed E-state index contributed by atoms with van der Waals surface area (Å²) in [5.41, 5.74) is 0.652. The zero-order valence-electron chi connectivity index (χ0n) is 11.3. The number of ketones is 1. The van der Waals surface area contributed by atoms with Crippen LogP contribution in [0.25, 0.3) is 11.4 Å². The van der Waals surface area contributed by atoms with Crippen LogP contribution in [-0.4, -0.2) is 15.9 Å². The highest BCUT2D eigenvalue weighted by molar-refractivity contribution is 9.10. The van der Waals surface area contributed by atoms with Crippen molar-refractivity contribution in [1.29, 1.82) is 0 Å². The van der Waals surface area contributed by atoms with Crippen LogP contribution in [0.3, 0.4) is 0 Å². The Hall–Kier alpha value is -1.56. The van der Waals surface area contributed by atoms with Gasteiger partial charge >= 0.3 is 0 Å². The van der Waals surface area contributed by atoms with Gasteiger partial charge in [-0.2, -0.15) is 4.98 Å². The van der Waals surface area contributed by atoms with E-state index in [0.717, 1.165) is 25.7 Å². The largest absolute Gasteiger partial charge is 0.338 e. The Morgan fingerprint density at radius 1 is 1.29 bits per heavy atom. The average Bonchev–Trinajstić information content (AvgIpc) is 2.85. The Balaban J connectivity index is 1.88. The third-order valence-electron chi connectivity index (χ3n) is 3.72. The number of hydrogen-bond donors (Lipinski definition) is 0. The van der Waals surface area contributed by atoms with Crippen molar-refractivity contribution in [3.05, 3.63) is 34.4 Å². The van der Waals surface area contributed by atoms with E-state index in [0.29, 0.717) is 28.2 Å². The van der Waals surface area contributed by atoms with Crippen LogP contribution in [0, 0.1) is 5.82 Å². The van der Waals surface area contributed by atoms with Gasteiger partial charge in [-0.05, 0) is 47.0 Å². The average molecular weight is 353 g/mol. The van der Waals surface area contributed by atoms with E-state index in [4.69, 9.17) is 4.52 Å². The summed E-state index contributed by atoms with van der Waals surface area (Å²) in [6.07, 6.45) is 4.32. The summed E-state index contributed by atoms with van der Waals surface area (Å²) in [5, 5.41) is 3.92. The van der Waals surface area contributed by atoms with Gasteiger partial charge in [-0.3, -0.25) is 4.79 Å². The SMILES string of the molecule is O=C1CCCCCC1c1nc(-c2ccc(F)c(Br)c2)no1. The fraction of sp³-hybridized carbons (Fsp3) is 0.400. The van der Waals surface area contributed by atoms with E-state index in [9.17, 15) is 9.18 Å². The zero-order valence-corrected chi connectivity index (χ0v) is 12.9. The Morgan fingerprint density at radius 3 is 2.95 bits per heavy atom. The number of carbonyl (C=O) groups excluding carboxylic acids is 1. The fourth-order valence-corrected chi connectivity index (χ4v) is 2.93. The molecule has 4 nitrogen and oxygen atoms in total. The fourth-order valence-electron chi connectivity index (χ4n) is 2.55. The third kappa shape index (κ3) is 3.05. The number of aromatic nitrogens is 2. The summed E-state index contributed by atoms with van der Waals surface area (Å²) in [4.78, 5) is 16.4. The smallest absolute Gasteiger partial charge is 0.237 e. The molecular weight excluding hydrogens is 339 g/mol. The van der Waals surface area contributed by atoms with E-state index in [1.54, 1.807) is 12.1 Å². The Kier molecular flexibility index (Phi) is 4.14. The van der Waals surface area contributed by atoms with Crippen LogP contribution in [0.2, 0.25) is 0 Å². The first-order valence-electron chi connectivity index (χ1n) is 6.97. The molecule has 1 heterocycles. The molecule has 1 aromatic carbocycles. The quantitative estimate of drug-likeness (QED) is 0.758. The Morgan fingerprint density at radius 2 is 2.14 bits per heavy atom. The lowest BCUT2D eigenvalue weighted by atomic mass is 9.99. The highest BCUT2D eigenvalue weighted by atomic mass is 79.9. The van der Waals surface area contributed by atoms with Gasteiger partial charge < -0.3 is 4.52 Å². The van der Waals surface area contributed by atoms with Gasteiger partial charge in [0.25, 0.3) is 0 Å². The van der Waals surface area contributed by atoms with Crippen molar-refractivity contribution in [2.24, 2.45) is 0 Å². The van der Waals surface area contributed by atoms with Crippen LogP contribution in [0.15, 0.2) is 27.2 Å². The first-order valence-corrected chi connectivity index (χ1v) is 7.76. The third-order valence-corrected chi connectivity index (χ3v) is 4.33. The summed E-state index contributed by atoms with van der Waals surface area (Å²) in [6, 6.07) is 4.52. The molecule has 110 valence electrons. The minimum Gasteiger partial charge on any atom is -0.338 e. The molecule has 1 unspecified atom stereocenters. The second-order valence-electron chi connectivity index (χ2n) is 5.20. The van der Waals surface area contributed by atoms with Crippen molar-refractivity contribution in [2.75, 3.05) is 0 Å². The van der Waals surface area contributed by atoms with E-state index in [-0.39, 0.29) is 17.5 Å². The van der Waals surface area contributed by atoms with Gasteiger partial charge in [0.15, 0.2) is 0 Å². The van der Waals surface area contributed by atoms with Crippen molar-refractivity contribution < 1.29 is 13.7 Å². The van der Waals surface area contributed by atoms with Crippen LogP contribution in [0.4, 0.5) is 4.39 Å². The summed E-state index contributed by atoms with van der Waals surface area (Å²) in [7, 11) is 0. The number of Topliss-reactive ketones (excluding diaryl/α,β-unsaturated/α-hetero) is 1. The van der Waals surface area contributed by atoms with Gasteiger partial charge in [-0.1, -0.05) is 18.0 Å². The number of hydrogen-bond acceptors (Lipinski definition) is 4. The predicted molar refractivity (Wildman–Crippen MR) is 78.2 cm³/mol. The standard InChI is InChI=1S/C15H14BrFN2O2/c16-11-8-9(6-7-12(11)17)14-18-15(21-19-14)10-4-2-1-3-5-13(10)20/h6-8,10H,1-5H2. The normalized spacial score (nSPS) is 19.5. The molecule has 6 heteroatoms. The van der Waals surface area contributed by atoms with Crippen molar-refractivity contribution in [1.82, 2.24) is 10.1 Å². The lowest BCUT2D eigenvalue weighted by Gasteiger charge is -2.06. The number of rotatable bonds is 2. The maximum atomic E-state index is 13.3. The van der Waals surface area contributed by atoms with Crippen molar-refractivity contribution in [2.45, 2.75) is 38.0 Å². The molecule has 1 aliphatic rings. The van der Waals surface area contributed by atoms with E-state index in [1.807, 2.05) is 0 Å². The van der Waals surface area contributed by atoms with Gasteiger partial charge in [-0.25, -0.2) is 4.39 Å². The minimum atomic E-state index is -0.346. The maximum Gasteiger partial charge on any atom is 0.237 e. The van der Waals surface area contributed by atoms with Gasteiger partial charge in [-0.15, -0.1) is 0 Å². The molecular formula is C15H14BrFN2O2. The molecule has 0 bridgehead atoms. The molecule has 0 aliphatic heterocycles. The maximum absolute atomic E-state index is 13.3. The first kappa shape index (κ1) is 14.4. The van der Waals surface area contributed by atoms with Crippen LogP contribution >= 0.6 is 15.9 Å². The lowest BCUT2D eigenvalue weighted by molar-refractivity contribution is -0.120. The van der Waals surface area contributed by atoms with Crippen molar-refractivity contribution >= 4 is 21.7 Å². The number of halogens is 2. The summed E-state index contributed by atoms with van der Waals surface area (Å²) < 4.78 is 18.9. The molecule has 1 aliphatic carbocycles. The van der Waals surface area contributed by atoms with Crippen molar-refractivity contribution in [3.63, 3.8) is 0 Å². The Labute approximate surface area is 129 Å². The number of nitrogens with zero attached hydrogens (tertiary/aromatic N) is 2. The van der Waals surface area contributed by atoms with E-state index < -0.39 is 0 Å². The molecule has 1 saturated carbocycles. The number of carbonyl (C=O) groups is 1. The molecule has 3 rings (SSSR count). The Bertz CT molecular complexity index is 671.